The van der Waals surface area contributed by atoms with Crippen LogP contribution in [0.15, 0.2) is 36.1 Å². The average Bonchev–Trinajstić information content (AvgIpc) is 2.04. The third-order valence-electron chi connectivity index (χ3n) is 1.07. The van der Waals surface area contributed by atoms with Gasteiger partial charge in [0.15, 0.2) is 0 Å². The van der Waals surface area contributed by atoms with E-state index in [-0.39, 0.29) is 0 Å². The molecule has 0 radical (unpaired) electrons. The van der Waals surface area contributed by atoms with Crippen molar-refractivity contribution >= 4 is 23.2 Å². The first-order valence-electron chi connectivity index (χ1n) is 3.00. The summed E-state index contributed by atoms with van der Waals surface area (Å²) in [4.78, 5) is 0. The van der Waals surface area contributed by atoms with Crippen LogP contribution in [0.4, 0.5) is 0 Å². The zero-order chi connectivity index (χ0) is 8.10. The fraction of sp³-hybridized carbons (Fsp3) is 0. The summed E-state index contributed by atoms with van der Waals surface area (Å²) in [6.07, 6.45) is 1.39. The van der Waals surface area contributed by atoms with Crippen molar-refractivity contribution in [3.05, 3.63) is 41.1 Å². The van der Waals surface area contributed by atoms with Crippen molar-refractivity contribution in [1.82, 2.24) is 0 Å². The molecule has 0 N–H and O–H groups in total. The van der Waals surface area contributed by atoms with Gasteiger partial charge in [0.1, 0.15) is 12.0 Å². The van der Waals surface area contributed by atoms with E-state index in [0.29, 0.717) is 10.8 Å². The zero-order valence-electron chi connectivity index (χ0n) is 5.63. The summed E-state index contributed by atoms with van der Waals surface area (Å²) in [5.74, 6) is 0.714. The largest absolute Gasteiger partial charge is 0.464 e. The van der Waals surface area contributed by atoms with Crippen molar-refractivity contribution in [2.45, 2.75) is 0 Å². The van der Waals surface area contributed by atoms with E-state index in [1.165, 1.54) is 11.8 Å². The monoisotopic (exact) mass is 188 g/mol. The second-order valence-corrected chi connectivity index (χ2v) is 2.52. The summed E-state index contributed by atoms with van der Waals surface area (Å²) in [5.41, 5.74) is 1.30. The van der Waals surface area contributed by atoms with Crippen molar-refractivity contribution in [3.63, 3.8) is 0 Å². The van der Waals surface area contributed by atoms with Gasteiger partial charge in [-0.15, -0.1) is 0 Å². The summed E-state index contributed by atoms with van der Waals surface area (Å²) in [6, 6.07) is 7.02. The van der Waals surface area contributed by atoms with E-state index in [1.54, 1.807) is 24.3 Å². The Labute approximate surface area is 75.2 Å². The topological polar surface area (TPSA) is 9.23 Å². The highest BCUT2D eigenvalue weighted by atomic mass is 35.5. The SMILES string of the molecule is Cl/C=C\Oc1ccc(Cl)cc1. The maximum Gasteiger partial charge on any atom is 0.126 e. The lowest BCUT2D eigenvalue weighted by molar-refractivity contribution is 0.482. The molecule has 1 nitrogen and oxygen atoms in total. The van der Waals surface area contributed by atoms with Crippen molar-refractivity contribution in [2.75, 3.05) is 0 Å². The number of halogens is 2. The van der Waals surface area contributed by atoms with E-state index in [2.05, 4.69) is 0 Å². The molecule has 0 amide bonds. The van der Waals surface area contributed by atoms with E-state index in [0.717, 1.165) is 0 Å². The molecule has 0 aliphatic carbocycles. The zero-order valence-corrected chi connectivity index (χ0v) is 7.14. The highest BCUT2D eigenvalue weighted by Gasteiger charge is 1.89. The molecule has 0 fully saturated rings. The van der Waals surface area contributed by atoms with Gasteiger partial charge in [-0.1, -0.05) is 23.2 Å². The van der Waals surface area contributed by atoms with Crippen LogP contribution in [-0.4, -0.2) is 0 Å². The Morgan fingerprint density at radius 3 is 2.36 bits per heavy atom. The maximum absolute atomic E-state index is 5.65. The molecule has 3 heteroatoms. The summed E-state index contributed by atoms with van der Waals surface area (Å²) in [6.45, 7) is 0. The lowest BCUT2D eigenvalue weighted by Crippen LogP contribution is -1.78. The Morgan fingerprint density at radius 1 is 1.18 bits per heavy atom. The highest BCUT2D eigenvalue weighted by Crippen LogP contribution is 2.15. The van der Waals surface area contributed by atoms with Crippen LogP contribution >= 0.6 is 23.2 Å². The summed E-state index contributed by atoms with van der Waals surface area (Å²) < 4.78 is 5.04. The number of hydrogen-bond acceptors (Lipinski definition) is 1. The molecule has 58 valence electrons. The molecular formula is C8H6Cl2O. The fourth-order valence-corrected chi connectivity index (χ4v) is 0.795. The first-order valence-corrected chi connectivity index (χ1v) is 3.82. The third kappa shape index (κ3) is 2.83. The van der Waals surface area contributed by atoms with Crippen LogP contribution in [-0.2, 0) is 0 Å². The Balaban J connectivity index is 2.66. The summed E-state index contributed by atoms with van der Waals surface area (Å²) in [5, 5.41) is 0.687. The molecule has 0 aliphatic rings. The van der Waals surface area contributed by atoms with Crippen LogP contribution < -0.4 is 4.74 Å². The van der Waals surface area contributed by atoms with Crippen LogP contribution in [0.25, 0.3) is 0 Å². The molecule has 0 unspecified atom stereocenters. The first-order chi connectivity index (χ1) is 5.33. The number of hydrogen-bond donors (Lipinski definition) is 0. The van der Waals surface area contributed by atoms with Gasteiger partial charge in [-0.05, 0) is 24.3 Å². The summed E-state index contributed by atoms with van der Waals surface area (Å²) >= 11 is 10.9. The third-order valence-corrected chi connectivity index (χ3v) is 1.42. The standard InChI is InChI=1S/C8H6Cl2O/c9-5-6-11-8-3-1-7(10)2-4-8/h1-6H/b6-5-. The van der Waals surface area contributed by atoms with Crippen LogP contribution in [0.5, 0.6) is 5.75 Å². The lowest BCUT2D eigenvalue weighted by atomic mass is 10.3. The van der Waals surface area contributed by atoms with Gasteiger partial charge in [-0.2, -0.15) is 0 Å². The molecule has 11 heavy (non-hydrogen) atoms. The molecule has 0 heterocycles. The van der Waals surface area contributed by atoms with Gasteiger partial charge < -0.3 is 4.74 Å². The van der Waals surface area contributed by atoms with E-state index in [9.17, 15) is 0 Å². The normalized spacial score (nSPS) is 10.4. The lowest BCUT2D eigenvalue weighted by Gasteiger charge is -1.97. The Bertz CT molecular complexity index is 241. The van der Waals surface area contributed by atoms with Gasteiger partial charge in [0, 0.05) is 10.6 Å². The molecule has 0 aromatic heterocycles. The molecule has 1 rings (SSSR count). The molecule has 0 saturated heterocycles. The molecule has 0 bridgehead atoms. The minimum Gasteiger partial charge on any atom is -0.464 e. The first kappa shape index (κ1) is 8.44. The van der Waals surface area contributed by atoms with Gasteiger partial charge in [-0.3, -0.25) is 0 Å². The van der Waals surface area contributed by atoms with E-state index in [4.69, 9.17) is 27.9 Å². The van der Waals surface area contributed by atoms with Crippen molar-refractivity contribution in [1.29, 1.82) is 0 Å². The van der Waals surface area contributed by atoms with Crippen molar-refractivity contribution in [3.8, 4) is 5.75 Å². The van der Waals surface area contributed by atoms with Crippen LogP contribution in [0.1, 0.15) is 0 Å². The van der Waals surface area contributed by atoms with Gasteiger partial charge in [0.05, 0.1) is 0 Å². The second-order valence-electron chi connectivity index (χ2n) is 1.83. The minimum absolute atomic E-state index is 0.687. The second kappa shape index (κ2) is 4.27. The van der Waals surface area contributed by atoms with Gasteiger partial charge in [0.25, 0.3) is 0 Å². The Morgan fingerprint density at radius 2 is 1.82 bits per heavy atom. The molecule has 0 atom stereocenters. The average molecular weight is 189 g/mol. The number of benzene rings is 1. The quantitative estimate of drug-likeness (QED) is 0.647. The molecule has 0 saturated carbocycles. The van der Waals surface area contributed by atoms with E-state index < -0.39 is 0 Å². The van der Waals surface area contributed by atoms with Crippen LogP contribution in [0, 0.1) is 0 Å². The van der Waals surface area contributed by atoms with Gasteiger partial charge >= 0.3 is 0 Å². The predicted octanol–water partition coefficient (Wildman–Crippen LogP) is 3.43. The summed E-state index contributed by atoms with van der Waals surface area (Å²) in [7, 11) is 0. The van der Waals surface area contributed by atoms with E-state index in [1.807, 2.05) is 0 Å². The Kier molecular flexibility index (Phi) is 3.27. The smallest absolute Gasteiger partial charge is 0.126 e. The van der Waals surface area contributed by atoms with Gasteiger partial charge in [0.2, 0.25) is 0 Å². The molecule has 0 aliphatic heterocycles. The Hall–Kier alpha value is -0.660. The molecular weight excluding hydrogens is 183 g/mol. The fourth-order valence-electron chi connectivity index (χ4n) is 0.617. The molecule has 1 aromatic carbocycles. The van der Waals surface area contributed by atoms with Gasteiger partial charge in [-0.25, -0.2) is 0 Å². The van der Waals surface area contributed by atoms with Crippen LogP contribution in [0.2, 0.25) is 5.02 Å². The number of ether oxygens (including phenoxy) is 1. The highest BCUT2D eigenvalue weighted by molar-refractivity contribution is 6.30. The minimum atomic E-state index is 0.687. The maximum atomic E-state index is 5.65. The molecule has 1 aromatic rings. The number of rotatable bonds is 2. The predicted molar refractivity (Wildman–Crippen MR) is 47.1 cm³/mol. The van der Waals surface area contributed by atoms with Crippen LogP contribution in [0.3, 0.4) is 0 Å². The molecule has 0 spiro atoms. The van der Waals surface area contributed by atoms with Crippen molar-refractivity contribution in [2.24, 2.45) is 0 Å². The van der Waals surface area contributed by atoms with E-state index >= 15 is 0 Å². The van der Waals surface area contributed by atoms with Crippen molar-refractivity contribution < 1.29 is 4.74 Å².